The van der Waals surface area contributed by atoms with Crippen molar-refractivity contribution in [3.8, 4) is 0 Å². The van der Waals surface area contributed by atoms with Gasteiger partial charge in [0.25, 0.3) is 0 Å². The smallest absolute Gasteiger partial charge is 0.151 e. The Morgan fingerprint density at radius 1 is 1.05 bits per heavy atom. The van der Waals surface area contributed by atoms with Crippen LogP contribution in [-0.2, 0) is 0 Å². The second kappa shape index (κ2) is 5.27. The van der Waals surface area contributed by atoms with Crippen LogP contribution in [-0.4, -0.2) is 4.98 Å². The van der Waals surface area contributed by atoms with Crippen LogP contribution in [0.15, 0.2) is 48.7 Å². The van der Waals surface area contributed by atoms with Crippen LogP contribution in [0.25, 0.3) is 10.9 Å². The van der Waals surface area contributed by atoms with Gasteiger partial charge in [0.1, 0.15) is 5.69 Å². The number of halogens is 3. The van der Waals surface area contributed by atoms with Gasteiger partial charge in [0.15, 0.2) is 11.6 Å². The summed E-state index contributed by atoms with van der Waals surface area (Å²) < 4.78 is 27.7. The first kappa shape index (κ1) is 13.7. The van der Waals surface area contributed by atoms with Crippen molar-refractivity contribution >= 4 is 33.9 Å². The lowest BCUT2D eigenvalue weighted by Gasteiger charge is -2.21. The largest absolute Gasteiger partial charge is 0.273 e. The minimum atomic E-state index is -0.746. The third-order valence-corrected chi connectivity index (χ3v) is 3.35. The van der Waals surface area contributed by atoms with E-state index in [1.165, 1.54) is 12.3 Å². The topological polar surface area (TPSA) is 42.1 Å². The average molecular weight is 306 g/mol. The van der Waals surface area contributed by atoms with Gasteiger partial charge in [-0.25, -0.2) is 14.6 Å². The van der Waals surface area contributed by atoms with Crippen molar-refractivity contribution in [2.75, 3.05) is 5.01 Å². The Balaban J connectivity index is 2.22. The number of para-hydroxylation sites is 1. The number of hydrogen-bond donors (Lipinski definition) is 1. The molecule has 0 radical (unpaired) electrons. The van der Waals surface area contributed by atoms with Crippen molar-refractivity contribution < 1.29 is 8.78 Å². The van der Waals surface area contributed by atoms with Crippen molar-refractivity contribution in [2.45, 2.75) is 0 Å². The lowest BCUT2D eigenvalue weighted by atomic mass is 10.1. The summed E-state index contributed by atoms with van der Waals surface area (Å²) in [4.78, 5) is 4.18. The van der Waals surface area contributed by atoms with Gasteiger partial charge in [0, 0.05) is 16.6 Å². The third-order valence-electron chi connectivity index (χ3n) is 3.12. The molecule has 0 fully saturated rings. The van der Waals surface area contributed by atoms with E-state index in [1.54, 1.807) is 24.3 Å². The van der Waals surface area contributed by atoms with Gasteiger partial charge in [-0.05, 0) is 36.4 Å². The highest BCUT2D eigenvalue weighted by Gasteiger charge is 2.17. The zero-order valence-corrected chi connectivity index (χ0v) is 11.5. The summed E-state index contributed by atoms with van der Waals surface area (Å²) in [5.41, 5.74) is 0.709. The Bertz CT molecular complexity index is 803. The Morgan fingerprint density at radius 2 is 1.76 bits per heavy atom. The molecule has 6 heteroatoms. The lowest BCUT2D eigenvalue weighted by molar-refractivity contribution is 0.581. The van der Waals surface area contributed by atoms with E-state index >= 15 is 0 Å². The molecule has 2 aromatic carbocycles. The number of nitrogens with two attached hydrogens (primary N) is 1. The molecule has 0 amide bonds. The Hall–Kier alpha value is -2.24. The van der Waals surface area contributed by atoms with Crippen molar-refractivity contribution in [3.63, 3.8) is 0 Å². The molecule has 1 aromatic heterocycles. The summed E-state index contributed by atoms with van der Waals surface area (Å²) in [6.45, 7) is 0. The normalized spacial score (nSPS) is 10.9. The molecular weight excluding hydrogens is 296 g/mol. The highest BCUT2D eigenvalue weighted by molar-refractivity contribution is 6.31. The Kier molecular flexibility index (Phi) is 3.45. The molecule has 0 spiro atoms. The van der Waals surface area contributed by atoms with Crippen molar-refractivity contribution in [1.29, 1.82) is 0 Å². The summed E-state index contributed by atoms with van der Waals surface area (Å²) in [7, 11) is 0. The zero-order chi connectivity index (χ0) is 15.0. The maximum Gasteiger partial charge on any atom is 0.151 e. The summed E-state index contributed by atoms with van der Waals surface area (Å²) >= 11 is 5.97. The molecular formula is C15H10ClF2N3. The minimum absolute atomic E-state index is 0.329. The molecule has 3 aromatic rings. The molecule has 0 saturated heterocycles. The number of benzene rings is 2. The molecule has 0 aliphatic carbocycles. The standard InChI is InChI=1S/C15H10ClF2N3/c16-9-4-5-13-10(8-9)14(6-7-20-13)21(19)15-11(17)2-1-3-12(15)18/h1-8H,19H2. The van der Waals surface area contributed by atoms with Crippen LogP contribution in [0.3, 0.4) is 0 Å². The molecule has 3 rings (SSSR count). The van der Waals surface area contributed by atoms with Gasteiger partial charge in [0.05, 0.1) is 11.2 Å². The number of hydrogen-bond acceptors (Lipinski definition) is 3. The van der Waals surface area contributed by atoms with Gasteiger partial charge in [-0.2, -0.15) is 0 Å². The minimum Gasteiger partial charge on any atom is -0.273 e. The first-order valence-corrected chi connectivity index (χ1v) is 6.49. The molecule has 2 N–H and O–H groups in total. The van der Waals surface area contributed by atoms with Crippen LogP contribution in [0.2, 0.25) is 5.02 Å². The van der Waals surface area contributed by atoms with Crippen molar-refractivity contribution in [2.24, 2.45) is 5.84 Å². The quantitative estimate of drug-likeness (QED) is 0.570. The van der Waals surface area contributed by atoms with Gasteiger partial charge >= 0.3 is 0 Å². The molecule has 0 bridgehead atoms. The monoisotopic (exact) mass is 305 g/mol. The van der Waals surface area contributed by atoms with Crippen LogP contribution < -0.4 is 10.9 Å². The van der Waals surface area contributed by atoms with E-state index in [9.17, 15) is 8.78 Å². The van der Waals surface area contributed by atoms with Crippen molar-refractivity contribution in [1.82, 2.24) is 4.98 Å². The van der Waals surface area contributed by atoms with Gasteiger partial charge < -0.3 is 0 Å². The van der Waals surface area contributed by atoms with E-state index in [-0.39, 0.29) is 5.69 Å². The molecule has 106 valence electrons. The Labute approximate surface area is 124 Å². The maximum atomic E-state index is 13.9. The first-order chi connectivity index (χ1) is 10.1. The number of hydrazine groups is 1. The maximum absolute atomic E-state index is 13.9. The van der Waals surface area contributed by atoms with Gasteiger partial charge in [-0.15, -0.1) is 0 Å². The number of pyridine rings is 1. The predicted octanol–water partition coefficient (Wildman–Crippen LogP) is 4.18. The second-order valence-corrected chi connectivity index (χ2v) is 4.87. The molecule has 0 unspecified atom stereocenters. The number of fused-ring (bicyclic) bond motifs is 1. The molecule has 0 saturated carbocycles. The van der Waals surface area contributed by atoms with E-state index in [4.69, 9.17) is 17.4 Å². The zero-order valence-electron chi connectivity index (χ0n) is 10.7. The average Bonchev–Trinajstić information content (AvgIpc) is 2.46. The van der Waals surface area contributed by atoms with E-state index < -0.39 is 11.6 Å². The van der Waals surface area contributed by atoms with Crippen LogP contribution in [0.5, 0.6) is 0 Å². The van der Waals surface area contributed by atoms with E-state index in [0.29, 0.717) is 21.6 Å². The van der Waals surface area contributed by atoms with E-state index in [1.807, 2.05) is 0 Å². The fraction of sp³-hybridized carbons (Fsp3) is 0. The SMILES string of the molecule is NN(c1c(F)cccc1F)c1ccnc2ccc(Cl)cc12. The van der Waals surface area contributed by atoms with Crippen LogP contribution in [0, 0.1) is 11.6 Å². The Morgan fingerprint density at radius 3 is 2.48 bits per heavy atom. The summed E-state index contributed by atoms with van der Waals surface area (Å²) in [6, 6.07) is 10.2. The fourth-order valence-corrected chi connectivity index (χ4v) is 2.33. The molecule has 21 heavy (non-hydrogen) atoms. The highest BCUT2D eigenvalue weighted by Crippen LogP contribution is 2.33. The summed E-state index contributed by atoms with van der Waals surface area (Å²) in [5, 5.41) is 2.06. The van der Waals surface area contributed by atoms with Crippen molar-refractivity contribution in [3.05, 3.63) is 65.3 Å². The lowest BCUT2D eigenvalue weighted by Crippen LogP contribution is -2.27. The highest BCUT2D eigenvalue weighted by atomic mass is 35.5. The van der Waals surface area contributed by atoms with Gasteiger partial charge in [-0.3, -0.25) is 9.99 Å². The molecule has 3 nitrogen and oxygen atoms in total. The first-order valence-electron chi connectivity index (χ1n) is 6.11. The van der Waals surface area contributed by atoms with Crippen LogP contribution in [0.1, 0.15) is 0 Å². The molecule has 0 atom stereocenters. The number of rotatable bonds is 2. The number of aromatic nitrogens is 1. The summed E-state index contributed by atoms with van der Waals surface area (Å²) in [5.74, 6) is 4.42. The van der Waals surface area contributed by atoms with Gasteiger partial charge in [0.2, 0.25) is 0 Å². The van der Waals surface area contributed by atoms with Crippen LogP contribution >= 0.6 is 11.6 Å². The predicted molar refractivity (Wildman–Crippen MR) is 79.4 cm³/mol. The molecule has 0 aliphatic heterocycles. The fourth-order valence-electron chi connectivity index (χ4n) is 2.15. The summed E-state index contributed by atoms with van der Waals surface area (Å²) in [6.07, 6.45) is 1.52. The van der Waals surface area contributed by atoms with E-state index in [2.05, 4.69) is 4.98 Å². The number of nitrogens with zero attached hydrogens (tertiary/aromatic N) is 2. The van der Waals surface area contributed by atoms with Crippen LogP contribution in [0.4, 0.5) is 20.2 Å². The third kappa shape index (κ3) is 2.41. The molecule has 1 heterocycles. The van der Waals surface area contributed by atoms with Gasteiger partial charge in [-0.1, -0.05) is 17.7 Å². The number of anilines is 2. The van der Waals surface area contributed by atoms with E-state index in [0.717, 1.165) is 17.1 Å². The second-order valence-electron chi connectivity index (χ2n) is 4.43. The molecule has 0 aliphatic rings.